The molecule has 3 heterocycles. The average Bonchev–Trinajstić information content (AvgIpc) is 2.82. The fourth-order valence-electron chi connectivity index (χ4n) is 2.06. The van der Waals surface area contributed by atoms with E-state index in [0.717, 1.165) is 5.56 Å². The van der Waals surface area contributed by atoms with E-state index < -0.39 is 6.41 Å². The highest BCUT2D eigenvalue weighted by atomic mass is 35.5. The number of anilines is 1. The number of halogens is 1. The molecule has 2 atom stereocenters. The summed E-state index contributed by atoms with van der Waals surface area (Å²) in [5.41, 5.74) is 0.939. The van der Waals surface area contributed by atoms with Gasteiger partial charge in [-0.3, -0.25) is 9.88 Å². The summed E-state index contributed by atoms with van der Waals surface area (Å²) in [6.07, 6.45) is 3.91. The van der Waals surface area contributed by atoms with Gasteiger partial charge in [-0.15, -0.1) is 0 Å². The Morgan fingerprint density at radius 3 is 3.00 bits per heavy atom. The van der Waals surface area contributed by atoms with Crippen molar-refractivity contribution in [1.82, 2.24) is 15.0 Å². The first-order valence-electron chi connectivity index (χ1n) is 5.72. The van der Waals surface area contributed by atoms with E-state index in [0.29, 0.717) is 12.4 Å². The topological polar surface area (TPSA) is 71.4 Å². The highest BCUT2D eigenvalue weighted by Crippen LogP contribution is 2.33. The SMILES string of the molecule is OC1OC[C@H](c2cccnc2)N1c1ccnc(Cl)n1. The Hall–Kier alpha value is -1.76. The summed E-state index contributed by atoms with van der Waals surface area (Å²) in [4.78, 5) is 13.6. The first-order valence-corrected chi connectivity index (χ1v) is 6.10. The van der Waals surface area contributed by atoms with Crippen molar-refractivity contribution in [1.29, 1.82) is 0 Å². The lowest BCUT2D eigenvalue weighted by Gasteiger charge is -2.26. The lowest BCUT2D eigenvalue weighted by molar-refractivity contribution is -0.0578. The molecule has 0 radical (unpaired) electrons. The molecular weight excluding hydrogens is 268 g/mol. The zero-order valence-corrected chi connectivity index (χ0v) is 10.6. The van der Waals surface area contributed by atoms with Crippen LogP contribution in [0.4, 0.5) is 5.82 Å². The van der Waals surface area contributed by atoms with Crippen molar-refractivity contribution < 1.29 is 9.84 Å². The Morgan fingerprint density at radius 2 is 2.26 bits per heavy atom. The number of aromatic nitrogens is 3. The molecular formula is C12H11ClN4O2. The summed E-state index contributed by atoms with van der Waals surface area (Å²) in [5.74, 6) is 0.513. The Bertz CT molecular complexity index is 569. The second-order valence-electron chi connectivity index (χ2n) is 4.05. The molecule has 19 heavy (non-hydrogen) atoms. The number of pyridine rings is 1. The Kier molecular flexibility index (Phi) is 3.29. The van der Waals surface area contributed by atoms with Crippen LogP contribution >= 0.6 is 11.6 Å². The van der Waals surface area contributed by atoms with Gasteiger partial charge in [-0.25, -0.2) is 9.97 Å². The van der Waals surface area contributed by atoms with Gasteiger partial charge >= 0.3 is 0 Å². The van der Waals surface area contributed by atoms with Gasteiger partial charge < -0.3 is 9.84 Å². The molecule has 0 bridgehead atoms. The molecule has 1 unspecified atom stereocenters. The van der Waals surface area contributed by atoms with E-state index in [9.17, 15) is 5.11 Å². The zero-order valence-electron chi connectivity index (χ0n) is 9.85. The average molecular weight is 279 g/mol. The number of rotatable bonds is 2. The molecule has 6 nitrogen and oxygen atoms in total. The highest BCUT2D eigenvalue weighted by Gasteiger charge is 2.35. The lowest BCUT2D eigenvalue weighted by atomic mass is 10.1. The molecule has 3 rings (SSSR count). The number of hydrogen-bond donors (Lipinski definition) is 1. The van der Waals surface area contributed by atoms with E-state index in [1.165, 1.54) is 6.20 Å². The quantitative estimate of drug-likeness (QED) is 0.837. The van der Waals surface area contributed by atoms with Crippen LogP contribution in [-0.2, 0) is 4.74 Å². The van der Waals surface area contributed by atoms with Gasteiger partial charge in [-0.1, -0.05) is 6.07 Å². The number of nitrogens with zero attached hydrogens (tertiary/aromatic N) is 4. The van der Waals surface area contributed by atoms with Gasteiger partial charge in [0.15, 0.2) is 0 Å². The number of hydrogen-bond acceptors (Lipinski definition) is 6. The predicted octanol–water partition coefficient (Wildman–Crippen LogP) is 1.38. The van der Waals surface area contributed by atoms with E-state index >= 15 is 0 Å². The molecule has 1 fully saturated rings. The van der Waals surface area contributed by atoms with E-state index in [2.05, 4.69) is 15.0 Å². The molecule has 98 valence electrons. The second kappa shape index (κ2) is 5.08. The van der Waals surface area contributed by atoms with Crippen LogP contribution in [0.25, 0.3) is 0 Å². The summed E-state index contributed by atoms with van der Waals surface area (Å²) < 4.78 is 5.28. The van der Waals surface area contributed by atoms with E-state index in [1.807, 2.05) is 12.1 Å². The third-order valence-corrected chi connectivity index (χ3v) is 3.10. The maximum Gasteiger partial charge on any atom is 0.239 e. The Balaban J connectivity index is 1.97. The highest BCUT2D eigenvalue weighted by molar-refractivity contribution is 6.28. The van der Waals surface area contributed by atoms with E-state index in [1.54, 1.807) is 23.4 Å². The summed E-state index contributed by atoms with van der Waals surface area (Å²) in [6, 6.07) is 5.28. The largest absolute Gasteiger partial charge is 0.351 e. The third-order valence-electron chi connectivity index (χ3n) is 2.92. The molecule has 0 aliphatic carbocycles. The van der Waals surface area contributed by atoms with Gasteiger partial charge in [0, 0.05) is 18.6 Å². The minimum Gasteiger partial charge on any atom is -0.351 e. The zero-order chi connectivity index (χ0) is 13.2. The summed E-state index contributed by atoms with van der Waals surface area (Å²) >= 11 is 5.78. The number of aliphatic hydroxyl groups excluding tert-OH is 1. The molecule has 1 N–H and O–H groups in total. The van der Waals surface area contributed by atoms with Crippen LogP contribution in [-0.4, -0.2) is 33.1 Å². The molecule has 0 amide bonds. The molecule has 7 heteroatoms. The van der Waals surface area contributed by atoms with Crippen LogP contribution in [0.15, 0.2) is 36.8 Å². The minimum absolute atomic E-state index is 0.126. The molecule has 0 spiro atoms. The fraction of sp³-hybridized carbons (Fsp3) is 0.250. The molecule has 2 aromatic heterocycles. The predicted molar refractivity (Wildman–Crippen MR) is 68.5 cm³/mol. The van der Waals surface area contributed by atoms with Crippen molar-refractivity contribution in [3.05, 3.63) is 47.6 Å². The van der Waals surface area contributed by atoms with Gasteiger partial charge in [-0.05, 0) is 29.3 Å². The van der Waals surface area contributed by atoms with Gasteiger partial charge in [0.25, 0.3) is 0 Å². The molecule has 1 saturated heterocycles. The van der Waals surface area contributed by atoms with E-state index in [4.69, 9.17) is 16.3 Å². The van der Waals surface area contributed by atoms with Crippen molar-refractivity contribution in [2.75, 3.05) is 11.5 Å². The summed E-state index contributed by atoms with van der Waals surface area (Å²) in [5, 5.41) is 10.1. The van der Waals surface area contributed by atoms with Crippen molar-refractivity contribution in [3.8, 4) is 0 Å². The van der Waals surface area contributed by atoms with Gasteiger partial charge in [0.05, 0.1) is 12.6 Å². The Morgan fingerprint density at radius 1 is 1.37 bits per heavy atom. The second-order valence-corrected chi connectivity index (χ2v) is 4.39. The molecule has 1 aliphatic rings. The minimum atomic E-state index is -1.06. The van der Waals surface area contributed by atoms with Gasteiger partial charge in [0.2, 0.25) is 11.7 Å². The maximum atomic E-state index is 9.94. The Labute approximate surface area is 114 Å². The molecule has 2 aromatic rings. The van der Waals surface area contributed by atoms with Crippen molar-refractivity contribution in [2.24, 2.45) is 0 Å². The third kappa shape index (κ3) is 2.37. The van der Waals surface area contributed by atoms with Crippen LogP contribution in [0, 0.1) is 0 Å². The standard InChI is InChI=1S/C12H11ClN4O2/c13-11-15-5-3-10(16-11)17-9(7-19-12(17)18)8-2-1-4-14-6-8/h1-6,9,12,18H,7H2/t9-,12?/m1/s1. The number of aliphatic hydroxyl groups is 1. The lowest BCUT2D eigenvalue weighted by Crippen LogP contribution is -2.32. The van der Waals surface area contributed by atoms with Crippen LogP contribution in [0.2, 0.25) is 5.28 Å². The smallest absolute Gasteiger partial charge is 0.239 e. The van der Waals surface area contributed by atoms with Crippen molar-refractivity contribution >= 4 is 17.4 Å². The van der Waals surface area contributed by atoms with Crippen LogP contribution in [0.3, 0.4) is 0 Å². The number of ether oxygens (including phenoxy) is 1. The van der Waals surface area contributed by atoms with Gasteiger partial charge in [0.1, 0.15) is 5.82 Å². The molecule has 1 aliphatic heterocycles. The van der Waals surface area contributed by atoms with Gasteiger partial charge in [-0.2, -0.15) is 0 Å². The maximum absolute atomic E-state index is 9.94. The summed E-state index contributed by atoms with van der Waals surface area (Å²) in [7, 11) is 0. The molecule has 0 aromatic carbocycles. The van der Waals surface area contributed by atoms with Crippen LogP contribution < -0.4 is 4.90 Å². The van der Waals surface area contributed by atoms with Crippen molar-refractivity contribution in [3.63, 3.8) is 0 Å². The van der Waals surface area contributed by atoms with Crippen molar-refractivity contribution in [2.45, 2.75) is 12.5 Å². The first-order chi connectivity index (χ1) is 9.25. The molecule has 0 saturated carbocycles. The first kappa shape index (κ1) is 12.3. The van der Waals surface area contributed by atoms with Crippen LogP contribution in [0.1, 0.15) is 11.6 Å². The monoisotopic (exact) mass is 278 g/mol. The normalized spacial score (nSPS) is 22.7. The van der Waals surface area contributed by atoms with E-state index in [-0.39, 0.29) is 11.3 Å². The summed E-state index contributed by atoms with van der Waals surface area (Å²) in [6.45, 7) is 0.356. The van der Waals surface area contributed by atoms with Crippen LogP contribution in [0.5, 0.6) is 0 Å². The fourth-order valence-corrected chi connectivity index (χ4v) is 2.21.